The molecule has 1 aromatic carbocycles. The number of hydrogen-bond donors (Lipinski definition) is 0. The van der Waals surface area contributed by atoms with Crippen LogP contribution >= 0.6 is 11.3 Å². The Hall–Kier alpha value is -1.09. The second-order valence-electron chi connectivity index (χ2n) is 2.40. The molecule has 0 saturated heterocycles. The molecule has 0 spiro atoms. The second kappa shape index (κ2) is 2.20. The van der Waals surface area contributed by atoms with Gasteiger partial charge in [-0.1, -0.05) is 17.4 Å². The lowest BCUT2D eigenvalue weighted by Crippen LogP contribution is -1.79. The molecule has 2 nitrogen and oxygen atoms in total. The molecule has 0 atom stereocenters. The summed E-state index contributed by atoms with van der Waals surface area (Å²) >= 11 is 1.14. The Morgan fingerprint density at radius 1 is 1.45 bits per heavy atom. The van der Waals surface area contributed by atoms with Crippen molar-refractivity contribution in [2.45, 2.75) is 6.92 Å². The summed E-state index contributed by atoms with van der Waals surface area (Å²) in [4.78, 5) is 10.5. The maximum Gasteiger partial charge on any atom is 0.396 e. The Labute approximate surface area is 67.1 Å². The molecule has 0 bridgehead atoms. The van der Waals surface area contributed by atoms with Crippen LogP contribution < -0.4 is 4.94 Å². The van der Waals surface area contributed by atoms with E-state index in [1.54, 1.807) is 0 Å². The van der Waals surface area contributed by atoms with E-state index in [9.17, 15) is 4.79 Å². The fourth-order valence-electron chi connectivity index (χ4n) is 0.980. The van der Waals surface area contributed by atoms with Crippen molar-refractivity contribution in [3.63, 3.8) is 0 Å². The summed E-state index contributed by atoms with van der Waals surface area (Å²) in [5.74, 6) is 0. The molecule has 11 heavy (non-hydrogen) atoms. The number of benzene rings is 1. The molecular formula is C8H6O2S. The minimum Gasteiger partial charge on any atom is -0.414 e. The smallest absolute Gasteiger partial charge is 0.396 e. The maximum atomic E-state index is 10.8. The number of aryl methyl sites for hydroxylation is 1. The van der Waals surface area contributed by atoms with Crippen molar-refractivity contribution >= 4 is 21.6 Å². The van der Waals surface area contributed by atoms with Crippen LogP contribution in [0.15, 0.2) is 27.4 Å². The molecule has 0 N–H and O–H groups in total. The van der Waals surface area contributed by atoms with Crippen molar-refractivity contribution in [1.29, 1.82) is 0 Å². The van der Waals surface area contributed by atoms with Gasteiger partial charge in [0.05, 0.1) is 4.70 Å². The van der Waals surface area contributed by atoms with E-state index in [4.69, 9.17) is 4.42 Å². The van der Waals surface area contributed by atoms with Crippen LogP contribution in [0.4, 0.5) is 0 Å². The van der Waals surface area contributed by atoms with Crippen LogP contribution in [0, 0.1) is 6.92 Å². The average molecular weight is 166 g/mol. The predicted molar refractivity (Wildman–Crippen MR) is 45.1 cm³/mol. The molecule has 3 heteroatoms. The summed E-state index contributed by atoms with van der Waals surface area (Å²) in [7, 11) is 0. The van der Waals surface area contributed by atoms with Gasteiger partial charge in [-0.2, -0.15) is 0 Å². The van der Waals surface area contributed by atoms with Crippen LogP contribution in [0.5, 0.6) is 0 Å². The Bertz CT molecular complexity index is 439. The van der Waals surface area contributed by atoms with E-state index in [1.807, 2.05) is 25.1 Å². The summed E-state index contributed by atoms with van der Waals surface area (Å²) in [5.41, 5.74) is 1.83. The first-order chi connectivity index (χ1) is 5.25. The molecule has 0 saturated carbocycles. The zero-order valence-corrected chi connectivity index (χ0v) is 6.77. The molecule has 0 aliphatic rings. The standard InChI is InChI=1S/C8H6O2S/c1-5-2-3-6-7(4-5)11-8(9)10-6/h2-4H,1H3. The summed E-state index contributed by atoms with van der Waals surface area (Å²) in [6, 6.07) is 5.70. The lowest BCUT2D eigenvalue weighted by Gasteiger charge is -1.87. The van der Waals surface area contributed by atoms with Gasteiger partial charge in [-0.05, 0) is 24.6 Å². The van der Waals surface area contributed by atoms with Crippen LogP contribution in [0.2, 0.25) is 0 Å². The van der Waals surface area contributed by atoms with Crippen LogP contribution in [0.1, 0.15) is 5.56 Å². The Morgan fingerprint density at radius 2 is 2.27 bits per heavy atom. The third-order valence-electron chi connectivity index (χ3n) is 1.49. The highest BCUT2D eigenvalue weighted by Crippen LogP contribution is 2.17. The normalized spacial score (nSPS) is 10.6. The summed E-state index contributed by atoms with van der Waals surface area (Å²) < 4.78 is 5.81. The highest BCUT2D eigenvalue weighted by molar-refractivity contribution is 7.16. The fraction of sp³-hybridized carbons (Fsp3) is 0.125. The van der Waals surface area contributed by atoms with E-state index in [2.05, 4.69) is 0 Å². The molecule has 1 heterocycles. The summed E-state index contributed by atoms with van der Waals surface area (Å²) in [5, 5.41) is 0. The van der Waals surface area contributed by atoms with Gasteiger partial charge in [0, 0.05) is 0 Å². The van der Waals surface area contributed by atoms with Crippen molar-refractivity contribution < 1.29 is 4.42 Å². The summed E-state index contributed by atoms with van der Waals surface area (Å²) in [6.45, 7) is 1.99. The van der Waals surface area contributed by atoms with Gasteiger partial charge < -0.3 is 4.42 Å². The lowest BCUT2D eigenvalue weighted by molar-refractivity contribution is 0.585. The lowest BCUT2D eigenvalue weighted by atomic mass is 10.2. The largest absolute Gasteiger partial charge is 0.414 e. The first-order valence-electron chi connectivity index (χ1n) is 3.26. The zero-order chi connectivity index (χ0) is 7.84. The molecule has 0 unspecified atom stereocenters. The first-order valence-corrected chi connectivity index (χ1v) is 4.08. The highest BCUT2D eigenvalue weighted by Gasteiger charge is 1.99. The minimum absolute atomic E-state index is 0.231. The molecule has 56 valence electrons. The van der Waals surface area contributed by atoms with Gasteiger partial charge in [-0.25, -0.2) is 4.79 Å². The quantitative estimate of drug-likeness (QED) is 0.600. The molecule has 2 rings (SSSR count). The molecule has 1 aromatic heterocycles. The minimum atomic E-state index is -0.231. The molecule has 0 aliphatic carbocycles. The molecule has 0 aliphatic heterocycles. The van der Waals surface area contributed by atoms with E-state index in [0.29, 0.717) is 5.58 Å². The third kappa shape index (κ3) is 1.07. The van der Waals surface area contributed by atoms with Gasteiger partial charge in [0.2, 0.25) is 0 Å². The van der Waals surface area contributed by atoms with Gasteiger partial charge in [0.15, 0.2) is 0 Å². The average Bonchev–Trinajstić information content (AvgIpc) is 2.27. The number of fused-ring (bicyclic) bond motifs is 1. The fourth-order valence-corrected chi connectivity index (χ4v) is 1.75. The van der Waals surface area contributed by atoms with E-state index in [1.165, 1.54) is 0 Å². The number of hydrogen-bond acceptors (Lipinski definition) is 3. The van der Waals surface area contributed by atoms with Crippen LogP contribution in [0.3, 0.4) is 0 Å². The van der Waals surface area contributed by atoms with Gasteiger partial charge in [-0.3, -0.25) is 0 Å². The van der Waals surface area contributed by atoms with Crippen LogP contribution in [-0.4, -0.2) is 0 Å². The van der Waals surface area contributed by atoms with Crippen LogP contribution in [0.25, 0.3) is 10.3 Å². The number of rotatable bonds is 0. The third-order valence-corrected chi connectivity index (χ3v) is 2.27. The Kier molecular flexibility index (Phi) is 1.32. The zero-order valence-electron chi connectivity index (χ0n) is 5.96. The maximum absolute atomic E-state index is 10.8. The van der Waals surface area contributed by atoms with Crippen molar-refractivity contribution in [2.24, 2.45) is 0 Å². The van der Waals surface area contributed by atoms with Gasteiger partial charge in [0.25, 0.3) is 0 Å². The molecule has 0 amide bonds. The predicted octanol–water partition coefficient (Wildman–Crippen LogP) is 2.16. The summed E-state index contributed by atoms with van der Waals surface area (Å²) in [6.07, 6.45) is 0. The van der Waals surface area contributed by atoms with E-state index in [0.717, 1.165) is 21.6 Å². The monoisotopic (exact) mass is 166 g/mol. The molecule has 2 aromatic rings. The highest BCUT2D eigenvalue weighted by atomic mass is 32.1. The second-order valence-corrected chi connectivity index (χ2v) is 3.38. The van der Waals surface area contributed by atoms with Crippen molar-refractivity contribution in [2.75, 3.05) is 0 Å². The van der Waals surface area contributed by atoms with Crippen molar-refractivity contribution in [3.05, 3.63) is 33.5 Å². The molecule has 0 radical (unpaired) electrons. The SMILES string of the molecule is Cc1ccc2oc(=O)sc2c1. The Morgan fingerprint density at radius 3 is 3.09 bits per heavy atom. The Balaban J connectivity index is 2.92. The van der Waals surface area contributed by atoms with E-state index >= 15 is 0 Å². The van der Waals surface area contributed by atoms with E-state index < -0.39 is 0 Å². The van der Waals surface area contributed by atoms with E-state index in [-0.39, 0.29) is 4.94 Å². The topological polar surface area (TPSA) is 30.2 Å². The van der Waals surface area contributed by atoms with Crippen molar-refractivity contribution in [3.8, 4) is 0 Å². The molecular weight excluding hydrogens is 160 g/mol. The van der Waals surface area contributed by atoms with Gasteiger partial charge in [0.1, 0.15) is 5.58 Å². The van der Waals surface area contributed by atoms with Crippen molar-refractivity contribution in [1.82, 2.24) is 0 Å². The first kappa shape index (κ1) is 6.61. The molecule has 0 fully saturated rings. The van der Waals surface area contributed by atoms with Gasteiger partial charge >= 0.3 is 4.94 Å². The van der Waals surface area contributed by atoms with Crippen LogP contribution in [-0.2, 0) is 0 Å². The van der Waals surface area contributed by atoms with Gasteiger partial charge in [-0.15, -0.1) is 0 Å².